The highest BCUT2D eigenvalue weighted by atomic mass is 32.2. The van der Waals surface area contributed by atoms with E-state index in [9.17, 15) is 13.2 Å². The zero-order valence-corrected chi connectivity index (χ0v) is 13.6. The molecular weight excluding hydrogens is 312 g/mol. The summed E-state index contributed by atoms with van der Waals surface area (Å²) in [7, 11) is -3.60. The van der Waals surface area contributed by atoms with Gasteiger partial charge in [0, 0.05) is 19.2 Å². The van der Waals surface area contributed by atoms with Crippen LogP contribution in [0.4, 0.5) is 11.4 Å². The number of hydrogen-bond acceptors (Lipinski definition) is 3. The Bertz CT molecular complexity index is 832. The van der Waals surface area contributed by atoms with Gasteiger partial charge in [-0.3, -0.25) is 9.10 Å². The van der Waals surface area contributed by atoms with Crippen LogP contribution in [0, 0.1) is 0 Å². The van der Waals surface area contributed by atoms with Gasteiger partial charge in [0.25, 0.3) is 10.0 Å². The Labute approximate surface area is 136 Å². The molecule has 0 aliphatic carbocycles. The third-order valence-corrected chi connectivity index (χ3v) is 5.64. The number of fused-ring (bicyclic) bond motifs is 1. The lowest BCUT2D eigenvalue weighted by Crippen LogP contribution is -2.35. The molecule has 0 saturated heterocycles. The van der Waals surface area contributed by atoms with E-state index < -0.39 is 10.0 Å². The normalized spacial score (nSPS) is 14.2. The number of carbonyl (C=O) groups excluding carboxylic acids is 1. The number of aryl methyl sites for hydroxylation is 1. The van der Waals surface area contributed by atoms with Crippen molar-refractivity contribution in [3.8, 4) is 0 Å². The summed E-state index contributed by atoms with van der Waals surface area (Å²) in [6, 6.07) is 13.8. The molecule has 0 unspecified atom stereocenters. The summed E-state index contributed by atoms with van der Waals surface area (Å²) >= 11 is 0. The number of amides is 1. The molecule has 1 aliphatic rings. The number of hydrogen-bond donors (Lipinski definition) is 1. The Morgan fingerprint density at radius 3 is 2.57 bits per heavy atom. The average Bonchev–Trinajstić information content (AvgIpc) is 2.54. The van der Waals surface area contributed by atoms with Crippen LogP contribution >= 0.6 is 0 Å². The molecule has 2 aromatic rings. The molecule has 1 heterocycles. The standard InChI is InChI=1S/C17H18N2O3S/c1-13(20)18-15-10-9-14-6-5-11-19(17(14)12-15)23(21,22)16-7-3-2-4-8-16/h2-4,7-10,12H,5-6,11H2,1H3,(H,18,20). The quantitative estimate of drug-likeness (QED) is 0.941. The Kier molecular flexibility index (Phi) is 4.09. The molecule has 0 saturated carbocycles. The van der Waals surface area contributed by atoms with Crippen LogP contribution in [0.5, 0.6) is 0 Å². The number of anilines is 2. The molecule has 3 rings (SSSR count). The molecule has 0 atom stereocenters. The molecule has 1 aliphatic heterocycles. The van der Waals surface area contributed by atoms with E-state index in [1.165, 1.54) is 11.2 Å². The molecule has 2 aromatic carbocycles. The minimum atomic E-state index is -3.60. The predicted molar refractivity (Wildman–Crippen MR) is 90.0 cm³/mol. The van der Waals surface area contributed by atoms with Gasteiger partial charge in [-0.05, 0) is 42.7 Å². The third-order valence-electron chi connectivity index (χ3n) is 3.81. The largest absolute Gasteiger partial charge is 0.326 e. The third kappa shape index (κ3) is 3.07. The zero-order valence-electron chi connectivity index (χ0n) is 12.8. The number of nitrogens with one attached hydrogen (secondary N) is 1. The second-order valence-electron chi connectivity index (χ2n) is 5.52. The van der Waals surface area contributed by atoms with E-state index in [-0.39, 0.29) is 10.8 Å². The molecule has 5 nitrogen and oxygen atoms in total. The van der Waals surface area contributed by atoms with Gasteiger partial charge in [-0.1, -0.05) is 24.3 Å². The van der Waals surface area contributed by atoms with Gasteiger partial charge in [0.1, 0.15) is 0 Å². The summed E-state index contributed by atoms with van der Waals surface area (Å²) in [5.74, 6) is -0.182. The summed E-state index contributed by atoms with van der Waals surface area (Å²) in [6.07, 6.45) is 1.61. The van der Waals surface area contributed by atoms with E-state index in [1.54, 1.807) is 42.5 Å². The smallest absolute Gasteiger partial charge is 0.264 e. The first kappa shape index (κ1) is 15.6. The molecule has 0 bridgehead atoms. The van der Waals surface area contributed by atoms with Crippen LogP contribution in [-0.2, 0) is 21.2 Å². The summed E-state index contributed by atoms with van der Waals surface area (Å²) in [5, 5.41) is 2.71. The molecular formula is C17H18N2O3S. The van der Waals surface area contributed by atoms with E-state index in [1.807, 2.05) is 6.07 Å². The molecule has 0 spiro atoms. The molecule has 1 amide bonds. The minimum Gasteiger partial charge on any atom is -0.326 e. The van der Waals surface area contributed by atoms with Crippen molar-refractivity contribution in [1.29, 1.82) is 0 Å². The van der Waals surface area contributed by atoms with E-state index >= 15 is 0 Å². The highest BCUT2D eigenvalue weighted by molar-refractivity contribution is 7.92. The number of benzene rings is 2. The fourth-order valence-corrected chi connectivity index (χ4v) is 4.35. The summed E-state index contributed by atoms with van der Waals surface area (Å²) in [6.45, 7) is 1.87. The Hall–Kier alpha value is -2.34. The van der Waals surface area contributed by atoms with Gasteiger partial charge in [-0.25, -0.2) is 8.42 Å². The summed E-state index contributed by atoms with van der Waals surface area (Å²) < 4.78 is 27.3. The summed E-state index contributed by atoms with van der Waals surface area (Å²) in [4.78, 5) is 11.5. The van der Waals surface area contributed by atoms with Gasteiger partial charge in [0.05, 0.1) is 10.6 Å². The Morgan fingerprint density at radius 1 is 1.13 bits per heavy atom. The molecule has 6 heteroatoms. The van der Waals surface area contributed by atoms with E-state index in [2.05, 4.69) is 5.32 Å². The van der Waals surface area contributed by atoms with Crippen molar-refractivity contribution in [2.24, 2.45) is 0 Å². The maximum absolute atomic E-state index is 12.9. The van der Waals surface area contributed by atoms with Gasteiger partial charge in [-0.2, -0.15) is 0 Å². The van der Waals surface area contributed by atoms with Gasteiger partial charge >= 0.3 is 0 Å². The predicted octanol–water partition coefficient (Wildman–Crippen LogP) is 2.79. The average molecular weight is 330 g/mol. The number of sulfonamides is 1. The van der Waals surface area contributed by atoms with Gasteiger partial charge < -0.3 is 5.32 Å². The monoisotopic (exact) mass is 330 g/mol. The van der Waals surface area contributed by atoms with Crippen LogP contribution in [0.15, 0.2) is 53.4 Å². The minimum absolute atomic E-state index is 0.182. The van der Waals surface area contributed by atoms with E-state index in [4.69, 9.17) is 0 Å². The second kappa shape index (κ2) is 6.04. The lowest BCUT2D eigenvalue weighted by Gasteiger charge is -2.31. The van der Waals surface area contributed by atoms with Gasteiger partial charge in [-0.15, -0.1) is 0 Å². The van der Waals surface area contributed by atoms with Crippen molar-refractivity contribution < 1.29 is 13.2 Å². The fraction of sp³-hybridized carbons (Fsp3) is 0.235. The first-order chi connectivity index (χ1) is 11.0. The highest BCUT2D eigenvalue weighted by Gasteiger charge is 2.29. The van der Waals surface area contributed by atoms with Crippen molar-refractivity contribution in [2.75, 3.05) is 16.2 Å². The van der Waals surface area contributed by atoms with Gasteiger partial charge in [0.15, 0.2) is 0 Å². The maximum atomic E-state index is 12.9. The second-order valence-corrected chi connectivity index (χ2v) is 7.38. The van der Waals surface area contributed by atoms with Crippen molar-refractivity contribution >= 4 is 27.3 Å². The van der Waals surface area contributed by atoms with Crippen molar-refractivity contribution in [3.63, 3.8) is 0 Å². The first-order valence-corrected chi connectivity index (χ1v) is 8.91. The maximum Gasteiger partial charge on any atom is 0.264 e. The zero-order chi connectivity index (χ0) is 16.4. The van der Waals surface area contributed by atoms with Crippen molar-refractivity contribution in [3.05, 3.63) is 54.1 Å². The highest BCUT2D eigenvalue weighted by Crippen LogP contribution is 2.34. The van der Waals surface area contributed by atoms with Crippen LogP contribution in [0.1, 0.15) is 18.9 Å². The van der Waals surface area contributed by atoms with E-state index in [0.29, 0.717) is 17.9 Å². The van der Waals surface area contributed by atoms with Crippen LogP contribution in [0.25, 0.3) is 0 Å². The van der Waals surface area contributed by atoms with Crippen LogP contribution in [0.2, 0.25) is 0 Å². The molecule has 0 radical (unpaired) electrons. The molecule has 1 N–H and O–H groups in total. The number of carbonyl (C=O) groups is 1. The van der Waals surface area contributed by atoms with Crippen LogP contribution in [0.3, 0.4) is 0 Å². The van der Waals surface area contributed by atoms with Crippen molar-refractivity contribution in [2.45, 2.75) is 24.7 Å². The lowest BCUT2D eigenvalue weighted by molar-refractivity contribution is -0.114. The Balaban J connectivity index is 2.05. The first-order valence-electron chi connectivity index (χ1n) is 7.47. The van der Waals surface area contributed by atoms with Crippen LogP contribution in [-0.4, -0.2) is 20.9 Å². The molecule has 0 aromatic heterocycles. The lowest BCUT2D eigenvalue weighted by atomic mass is 10.0. The fourth-order valence-electron chi connectivity index (χ4n) is 2.79. The van der Waals surface area contributed by atoms with E-state index in [0.717, 1.165) is 18.4 Å². The van der Waals surface area contributed by atoms with Crippen LogP contribution < -0.4 is 9.62 Å². The molecule has 23 heavy (non-hydrogen) atoms. The van der Waals surface area contributed by atoms with Crippen molar-refractivity contribution in [1.82, 2.24) is 0 Å². The Morgan fingerprint density at radius 2 is 1.87 bits per heavy atom. The summed E-state index contributed by atoms with van der Waals surface area (Å²) in [5.41, 5.74) is 2.22. The SMILES string of the molecule is CC(=O)Nc1ccc2c(c1)N(S(=O)(=O)c1ccccc1)CCC2. The number of rotatable bonds is 3. The van der Waals surface area contributed by atoms with Gasteiger partial charge in [0.2, 0.25) is 5.91 Å². The number of nitrogens with zero attached hydrogens (tertiary/aromatic N) is 1. The topological polar surface area (TPSA) is 66.5 Å². The molecule has 120 valence electrons. The molecule has 0 fully saturated rings.